The molecule has 1 saturated heterocycles. The van der Waals surface area contributed by atoms with Gasteiger partial charge in [-0.25, -0.2) is 9.78 Å². The largest absolute Gasteiger partial charge is 0.449 e. The first-order valence-corrected chi connectivity index (χ1v) is 20.4. The van der Waals surface area contributed by atoms with Crippen molar-refractivity contribution in [2.45, 2.75) is 121 Å². The zero-order valence-electron chi connectivity index (χ0n) is 31.6. The Morgan fingerprint density at radius 2 is 1.57 bits per heavy atom. The SMILES string of the molecule is NCCCC[C@H](CC(=O)[C@@H]1C[C@@H](OCC2CCCCC2)CN1C(=O)[C@@H](CCc1ccccc1)NC(=O)OCC1CCCC1)C(=O)c1nc2ccccc2o1. The van der Waals surface area contributed by atoms with Crippen molar-refractivity contribution in [1.29, 1.82) is 0 Å². The molecule has 0 spiro atoms. The monoisotopic (exact) mass is 742 g/mol. The number of benzene rings is 2. The van der Waals surface area contributed by atoms with Crippen molar-refractivity contribution >= 4 is 34.7 Å². The van der Waals surface area contributed by atoms with Crippen LogP contribution >= 0.6 is 0 Å². The second kappa shape index (κ2) is 20.0. The molecule has 2 aliphatic carbocycles. The van der Waals surface area contributed by atoms with Gasteiger partial charge in [-0.15, -0.1) is 0 Å². The maximum absolute atomic E-state index is 14.6. The summed E-state index contributed by atoms with van der Waals surface area (Å²) in [5.74, 6) is -0.772. The number of alkyl carbamates (subject to hydrolysis) is 1. The summed E-state index contributed by atoms with van der Waals surface area (Å²) in [4.78, 5) is 62.2. The van der Waals surface area contributed by atoms with Crippen LogP contribution < -0.4 is 11.1 Å². The number of unbranched alkanes of at least 4 members (excludes halogenated alkanes) is 1. The number of rotatable bonds is 19. The minimum atomic E-state index is -0.907. The lowest BCUT2D eigenvalue weighted by atomic mass is 9.89. The van der Waals surface area contributed by atoms with Crippen LogP contribution in [0.3, 0.4) is 0 Å². The quantitative estimate of drug-likeness (QED) is 0.0959. The van der Waals surface area contributed by atoms with Crippen LogP contribution in [0, 0.1) is 17.8 Å². The molecule has 2 heterocycles. The van der Waals surface area contributed by atoms with Gasteiger partial charge in [0.05, 0.1) is 18.8 Å². The fourth-order valence-corrected chi connectivity index (χ4v) is 8.45. The van der Waals surface area contributed by atoms with Gasteiger partial charge in [0.1, 0.15) is 11.6 Å². The average molecular weight is 743 g/mol. The number of nitrogens with one attached hydrogen (secondary N) is 1. The number of fused-ring (bicyclic) bond motifs is 1. The first kappa shape index (κ1) is 39.6. The van der Waals surface area contributed by atoms with Crippen molar-refractivity contribution in [2.75, 3.05) is 26.3 Å². The number of amides is 2. The van der Waals surface area contributed by atoms with E-state index in [1.54, 1.807) is 17.0 Å². The van der Waals surface area contributed by atoms with Crippen molar-refractivity contribution in [3.05, 3.63) is 66.1 Å². The van der Waals surface area contributed by atoms with Gasteiger partial charge in [0.25, 0.3) is 5.89 Å². The van der Waals surface area contributed by atoms with Crippen LogP contribution in [0.1, 0.15) is 113 Å². The lowest BCUT2D eigenvalue weighted by Gasteiger charge is -2.29. The van der Waals surface area contributed by atoms with E-state index in [-0.39, 0.29) is 42.4 Å². The molecule has 3 aliphatic rings. The Labute approximate surface area is 319 Å². The first-order valence-electron chi connectivity index (χ1n) is 20.4. The summed E-state index contributed by atoms with van der Waals surface area (Å²) in [5, 5.41) is 2.88. The van der Waals surface area contributed by atoms with E-state index in [2.05, 4.69) is 10.3 Å². The molecule has 2 saturated carbocycles. The number of hydrogen-bond donors (Lipinski definition) is 2. The second-order valence-electron chi connectivity index (χ2n) is 15.7. The molecule has 2 amide bonds. The van der Waals surface area contributed by atoms with Crippen molar-refractivity contribution in [3.63, 3.8) is 0 Å². The van der Waals surface area contributed by atoms with Crippen molar-refractivity contribution in [2.24, 2.45) is 23.5 Å². The number of aryl methyl sites for hydroxylation is 1. The normalized spacial score (nSPS) is 20.6. The van der Waals surface area contributed by atoms with Gasteiger partial charge < -0.3 is 29.8 Å². The van der Waals surface area contributed by atoms with Gasteiger partial charge in [0.2, 0.25) is 11.7 Å². The predicted molar refractivity (Wildman–Crippen MR) is 206 cm³/mol. The summed E-state index contributed by atoms with van der Waals surface area (Å²) in [6, 6.07) is 15.3. The van der Waals surface area contributed by atoms with Crippen molar-refractivity contribution < 1.29 is 33.1 Å². The summed E-state index contributed by atoms with van der Waals surface area (Å²) < 4.78 is 17.9. The van der Waals surface area contributed by atoms with Gasteiger partial charge in [0, 0.05) is 31.9 Å². The molecule has 3 N–H and O–H groups in total. The summed E-state index contributed by atoms with van der Waals surface area (Å²) in [6.45, 7) is 1.63. The molecule has 11 nitrogen and oxygen atoms in total. The molecular weight excluding hydrogens is 684 g/mol. The molecule has 3 fully saturated rings. The summed E-state index contributed by atoms with van der Waals surface area (Å²) in [7, 11) is 0. The fraction of sp³-hybridized carbons (Fsp3) is 0.605. The van der Waals surface area contributed by atoms with Crippen LogP contribution in [-0.2, 0) is 25.5 Å². The summed E-state index contributed by atoms with van der Waals surface area (Å²) in [5.41, 5.74) is 7.92. The summed E-state index contributed by atoms with van der Waals surface area (Å²) in [6.07, 6.45) is 12.2. The van der Waals surface area contributed by atoms with Gasteiger partial charge in [-0.1, -0.05) is 81.0 Å². The lowest BCUT2D eigenvalue weighted by molar-refractivity contribution is -0.139. The van der Waals surface area contributed by atoms with Crippen LogP contribution in [-0.4, -0.2) is 77.9 Å². The van der Waals surface area contributed by atoms with E-state index in [0.29, 0.717) is 81.2 Å². The number of aromatic nitrogens is 1. The number of carbonyl (C=O) groups is 4. The third-order valence-electron chi connectivity index (χ3n) is 11.6. The number of hydrogen-bond acceptors (Lipinski definition) is 9. The maximum atomic E-state index is 14.6. The van der Waals surface area contributed by atoms with Crippen molar-refractivity contribution in [1.82, 2.24) is 15.2 Å². The number of nitrogens with zero attached hydrogens (tertiary/aromatic N) is 2. The third kappa shape index (κ3) is 11.0. The summed E-state index contributed by atoms with van der Waals surface area (Å²) >= 11 is 0. The Bertz CT molecular complexity index is 1630. The van der Waals surface area contributed by atoms with Gasteiger partial charge in [-0.3, -0.25) is 14.4 Å². The standard InChI is InChI=1S/C43H58N4O7/c44-24-12-11-19-33(40(49)41-45-35-20-9-10-21-39(35)54-41)25-38(48)37-26-34(52-28-31-15-5-2-6-16-31)27-47(37)42(50)36(23-22-30-13-3-1-4-14-30)46-43(51)53-29-32-17-7-8-18-32/h1,3-4,9-10,13-14,20-21,31-34,36-37H,2,5-8,11-12,15-19,22-29,44H2,(H,46,51)/t33-,34-,36-,37+/m1/s1. The van der Waals surface area contributed by atoms with Gasteiger partial charge in [-0.2, -0.15) is 0 Å². The molecule has 3 aromatic rings. The zero-order valence-corrected chi connectivity index (χ0v) is 31.6. The molecule has 0 unspecified atom stereocenters. The zero-order chi connectivity index (χ0) is 37.7. The number of likely N-dealkylation sites (tertiary alicyclic amines) is 1. The molecule has 11 heteroatoms. The Morgan fingerprint density at radius 3 is 2.31 bits per heavy atom. The van der Waals surface area contributed by atoms with Gasteiger partial charge in [0.15, 0.2) is 11.4 Å². The molecule has 1 aromatic heterocycles. The van der Waals surface area contributed by atoms with E-state index in [0.717, 1.165) is 44.1 Å². The second-order valence-corrected chi connectivity index (χ2v) is 15.7. The molecule has 0 bridgehead atoms. The van der Waals surface area contributed by atoms with E-state index < -0.39 is 24.1 Å². The minimum Gasteiger partial charge on any atom is -0.449 e. The lowest BCUT2D eigenvalue weighted by Crippen LogP contribution is -2.52. The number of para-hydroxylation sites is 2. The molecule has 2 aromatic carbocycles. The molecule has 1 aliphatic heterocycles. The van der Waals surface area contributed by atoms with E-state index in [9.17, 15) is 19.2 Å². The molecule has 292 valence electrons. The Hall–Kier alpha value is -4.09. The highest BCUT2D eigenvalue weighted by Crippen LogP contribution is 2.31. The number of Topliss-reactive ketones (excluding diaryl/α,β-unsaturated/α-hetero) is 2. The first-order chi connectivity index (χ1) is 26.4. The Balaban J connectivity index is 1.20. The van der Waals surface area contributed by atoms with E-state index in [4.69, 9.17) is 19.6 Å². The van der Waals surface area contributed by atoms with Gasteiger partial charge in [-0.05, 0) is 87.4 Å². The highest BCUT2D eigenvalue weighted by molar-refractivity contribution is 6.00. The number of carbonyl (C=O) groups excluding carboxylic acids is 4. The van der Waals surface area contributed by atoms with Crippen molar-refractivity contribution in [3.8, 4) is 0 Å². The molecular formula is C43H58N4O7. The Morgan fingerprint density at radius 1 is 0.870 bits per heavy atom. The van der Waals surface area contributed by atoms with Crippen LogP contribution in [0.25, 0.3) is 11.1 Å². The third-order valence-corrected chi connectivity index (χ3v) is 11.6. The number of nitrogens with two attached hydrogens (primary N) is 1. The molecule has 54 heavy (non-hydrogen) atoms. The molecule has 6 rings (SSSR count). The fourth-order valence-electron chi connectivity index (χ4n) is 8.45. The van der Waals surface area contributed by atoms with Gasteiger partial charge >= 0.3 is 6.09 Å². The highest BCUT2D eigenvalue weighted by Gasteiger charge is 2.43. The molecule has 4 atom stereocenters. The van der Waals surface area contributed by atoms with E-state index in [1.165, 1.54) is 19.3 Å². The average Bonchev–Trinajstić information content (AvgIpc) is 3.98. The predicted octanol–water partition coefficient (Wildman–Crippen LogP) is 7.20. The smallest absolute Gasteiger partial charge is 0.407 e. The number of oxazole rings is 1. The maximum Gasteiger partial charge on any atom is 0.407 e. The highest BCUT2D eigenvalue weighted by atomic mass is 16.5. The minimum absolute atomic E-state index is 0.0175. The molecule has 0 radical (unpaired) electrons. The van der Waals surface area contributed by atoms with Crippen LogP contribution in [0.2, 0.25) is 0 Å². The topological polar surface area (TPSA) is 154 Å². The van der Waals surface area contributed by atoms with Crippen LogP contribution in [0.4, 0.5) is 4.79 Å². The number of ketones is 2. The van der Waals surface area contributed by atoms with E-state index >= 15 is 0 Å². The van der Waals surface area contributed by atoms with E-state index in [1.807, 2.05) is 42.5 Å². The number of ether oxygens (including phenoxy) is 2. The van der Waals surface area contributed by atoms with Crippen LogP contribution in [0.5, 0.6) is 0 Å². The Kier molecular flexibility index (Phi) is 14.7. The van der Waals surface area contributed by atoms with Crippen LogP contribution in [0.15, 0.2) is 59.0 Å².